The van der Waals surface area contributed by atoms with E-state index < -0.39 is 21.7 Å². The third-order valence-electron chi connectivity index (χ3n) is 4.67. The summed E-state index contributed by atoms with van der Waals surface area (Å²) in [6.07, 6.45) is 0. The average molecular weight is 410 g/mol. The predicted octanol–water partition coefficient (Wildman–Crippen LogP) is 1.84. The van der Waals surface area contributed by atoms with Crippen LogP contribution in [0, 0.1) is 11.6 Å². The van der Waals surface area contributed by atoms with Gasteiger partial charge in [0.05, 0.1) is 4.90 Å². The average Bonchev–Trinajstić information content (AvgIpc) is 3.17. The van der Waals surface area contributed by atoms with Crippen LogP contribution in [-0.4, -0.2) is 56.5 Å². The zero-order chi connectivity index (χ0) is 19.9. The molecule has 148 valence electrons. The third kappa shape index (κ3) is 3.29. The van der Waals surface area contributed by atoms with Gasteiger partial charge in [0, 0.05) is 31.7 Å². The fourth-order valence-corrected chi connectivity index (χ4v) is 4.56. The van der Waals surface area contributed by atoms with Gasteiger partial charge < -0.3 is 14.4 Å². The molecule has 1 saturated heterocycles. The number of nitrogens with zero attached hydrogens (tertiary/aromatic N) is 2. The highest BCUT2D eigenvalue weighted by molar-refractivity contribution is 7.89. The maximum absolute atomic E-state index is 13.4. The monoisotopic (exact) mass is 410 g/mol. The first-order valence-corrected chi connectivity index (χ1v) is 9.94. The Morgan fingerprint density at radius 1 is 0.893 bits per heavy atom. The Bertz CT molecular complexity index is 1040. The molecule has 2 aromatic rings. The summed E-state index contributed by atoms with van der Waals surface area (Å²) in [6.45, 7) is 0.565. The second kappa shape index (κ2) is 7.02. The number of hydrogen-bond donors (Lipinski definition) is 0. The third-order valence-corrected chi connectivity index (χ3v) is 6.57. The van der Waals surface area contributed by atoms with E-state index in [0.717, 1.165) is 16.4 Å². The molecule has 4 rings (SSSR count). The highest BCUT2D eigenvalue weighted by Crippen LogP contribution is 2.33. The molecule has 1 fully saturated rings. The number of ether oxygens (including phenoxy) is 2. The smallest absolute Gasteiger partial charge is 0.254 e. The van der Waals surface area contributed by atoms with Gasteiger partial charge in [-0.3, -0.25) is 4.79 Å². The van der Waals surface area contributed by atoms with Crippen LogP contribution in [0.5, 0.6) is 11.5 Å². The second-order valence-corrected chi connectivity index (χ2v) is 8.28. The number of halogens is 2. The molecule has 2 heterocycles. The number of carbonyl (C=O) groups is 1. The van der Waals surface area contributed by atoms with Crippen molar-refractivity contribution in [3.05, 3.63) is 53.6 Å². The van der Waals surface area contributed by atoms with E-state index in [0.29, 0.717) is 23.1 Å². The molecule has 10 heteroatoms. The van der Waals surface area contributed by atoms with E-state index >= 15 is 0 Å². The van der Waals surface area contributed by atoms with Gasteiger partial charge in [0.2, 0.25) is 16.8 Å². The van der Waals surface area contributed by atoms with Gasteiger partial charge in [0.1, 0.15) is 0 Å². The van der Waals surface area contributed by atoms with Crippen molar-refractivity contribution in [2.24, 2.45) is 0 Å². The summed E-state index contributed by atoms with van der Waals surface area (Å²) < 4.78 is 63.4. The van der Waals surface area contributed by atoms with Gasteiger partial charge >= 0.3 is 0 Å². The molecule has 28 heavy (non-hydrogen) atoms. The molecule has 0 N–H and O–H groups in total. The van der Waals surface area contributed by atoms with Crippen molar-refractivity contribution in [3.63, 3.8) is 0 Å². The Morgan fingerprint density at radius 2 is 1.61 bits per heavy atom. The van der Waals surface area contributed by atoms with Crippen LogP contribution >= 0.6 is 0 Å². The lowest BCUT2D eigenvalue weighted by atomic mass is 10.1. The lowest BCUT2D eigenvalue weighted by Gasteiger charge is -2.34. The maximum atomic E-state index is 13.4. The molecule has 0 aliphatic carbocycles. The predicted molar refractivity (Wildman–Crippen MR) is 93.6 cm³/mol. The number of benzene rings is 2. The van der Waals surface area contributed by atoms with Crippen LogP contribution in [0.1, 0.15) is 10.4 Å². The molecule has 7 nitrogen and oxygen atoms in total. The molecule has 0 aromatic heterocycles. The molecule has 0 bridgehead atoms. The fraction of sp³-hybridized carbons (Fsp3) is 0.278. The van der Waals surface area contributed by atoms with Gasteiger partial charge in [-0.25, -0.2) is 17.2 Å². The molecular weight excluding hydrogens is 394 g/mol. The van der Waals surface area contributed by atoms with Crippen molar-refractivity contribution in [2.45, 2.75) is 4.90 Å². The first kappa shape index (κ1) is 18.6. The molecule has 2 aromatic carbocycles. The molecule has 2 aliphatic rings. The van der Waals surface area contributed by atoms with Crippen molar-refractivity contribution in [1.29, 1.82) is 0 Å². The summed E-state index contributed by atoms with van der Waals surface area (Å²) in [7, 11) is -3.97. The number of sulfonamides is 1. The second-order valence-electron chi connectivity index (χ2n) is 6.34. The standard InChI is InChI=1S/C18H16F2N2O5S/c19-14-3-2-13(10-15(14)20)28(24,25)22-7-5-21(6-8-22)18(23)12-1-4-16-17(9-12)27-11-26-16/h1-4,9-10H,5-8,11H2. The Hall–Kier alpha value is -2.72. The zero-order valence-corrected chi connectivity index (χ0v) is 15.4. The molecular formula is C18H16F2N2O5S. The van der Waals surface area contributed by atoms with E-state index in [1.54, 1.807) is 18.2 Å². The Labute approximate surface area is 160 Å². The van der Waals surface area contributed by atoms with Crippen molar-refractivity contribution in [3.8, 4) is 11.5 Å². The molecule has 0 unspecified atom stereocenters. The van der Waals surface area contributed by atoms with Crippen LogP contribution in [0.3, 0.4) is 0 Å². The normalized spacial score (nSPS) is 17.0. The van der Waals surface area contributed by atoms with Crippen LogP contribution < -0.4 is 9.47 Å². The Morgan fingerprint density at radius 3 is 2.32 bits per heavy atom. The summed E-state index contributed by atoms with van der Waals surface area (Å²) >= 11 is 0. The maximum Gasteiger partial charge on any atom is 0.254 e. The van der Waals surface area contributed by atoms with Crippen LogP contribution in [0.25, 0.3) is 0 Å². The lowest BCUT2D eigenvalue weighted by Crippen LogP contribution is -2.50. The van der Waals surface area contributed by atoms with E-state index in [-0.39, 0.29) is 43.8 Å². The van der Waals surface area contributed by atoms with Crippen LogP contribution in [-0.2, 0) is 10.0 Å². The molecule has 0 radical (unpaired) electrons. The summed E-state index contributed by atoms with van der Waals surface area (Å²) in [5.74, 6) is -1.52. The molecule has 0 saturated carbocycles. The highest BCUT2D eigenvalue weighted by atomic mass is 32.2. The van der Waals surface area contributed by atoms with Gasteiger partial charge in [-0.1, -0.05) is 0 Å². The largest absolute Gasteiger partial charge is 0.454 e. The Balaban J connectivity index is 1.45. The van der Waals surface area contributed by atoms with Gasteiger partial charge in [0.15, 0.2) is 23.1 Å². The highest BCUT2D eigenvalue weighted by Gasteiger charge is 2.31. The van der Waals surface area contributed by atoms with Crippen molar-refractivity contribution in [2.75, 3.05) is 33.0 Å². The quantitative estimate of drug-likeness (QED) is 0.772. The number of rotatable bonds is 3. The SMILES string of the molecule is O=C(c1ccc2c(c1)OCO2)N1CCN(S(=O)(=O)c2ccc(F)c(F)c2)CC1. The molecule has 0 atom stereocenters. The van der Waals surface area contributed by atoms with Gasteiger partial charge in [-0.05, 0) is 36.4 Å². The topological polar surface area (TPSA) is 76.2 Å². The summed E-state index contributed by atoms with van der Waals surface area (Å²) in [4.78, 5) is 13.9. The number of carbonyl (C=O) groups excluding carboxylic acids is 1. The van der Waals surface area contributed by atoms with Crippen LogP contribution in [0.2, 0.25) is 0 Å². The minimum Gasteiger partial charge on any atom is -0.454 e. The van der Waals surface area contributed by atoms with Crippen molar-refractivity contribution < 1.29 is 31.5 Å². The van der Waals surface area contributed by atoms with Gasteiger partial charge in [-0.2, -0.15) is 4.31 Å². The van der Waals surface area contributed by atoms with Gasteiger partial charge in [0.25, 0.3) is 5.91 Å². The van der Waals surface area contributed by atoms with Crippen molar-refractivity contribution in [1.82, 2.24) is 9.21 Å². The minimum absolute atomic E-state index is 0.0532. The molecule has 2 aliphatic heterocycles. The lowest BCUT2D eigenvalue weighted by molar-refractivity contribution is 0.0697. The van der Waals surface area contributed by atoms with E-state index in [1.807, 2.05) is 0 Å². The van der Waals surface area contributed by atoms with E-state index in [1.165, 1.54) is 4.90 Å². The first-order valence-electron chi connectivity index (χ1n) is 8.50. The first-order chi connectivity index (χ1) is 13.4. The minimum atomic E-state index is -3.97. The zero-order valence-electron chi connectivity index (χ0n) is 14.6. The van der Waals surface area contributed by atoms with Crippen molar-refractivity contribution >= 4 is 15.9 Å². The van der Waals surface area contributed by atoms with E-state index in [4.69, 9.17) is 9.47 Å². The summed E-state index contributed by atoms with van der Waals surface area (Å²) in [5.41, 5.74) is 0.418. The molecule has 1 amide bonds. The van der Waals surface area contributed by atoms with Crippen LogP contribution in [0.4, 0.5) is 8.78 Å². The van der Waals surface area contributed by atoms with E-state index in [2.05, 4.69) is 0 Å². The summed E-state index contributed by atoms with van der Waals surface area (Å²) in [6, 6.07) is 7.34. The van der Waals surface area contributed by atoms with Crippen LogP contribution in [0.15, 0.2) is 41.3 Å². The number of fused-ring (bicyclic) bond motifs is 1. The fourth-order valence-electron chi connectivity index (χ4n) is 3.13. The molecule has 0 spiro atoms. The number of piperazine rings is 1. The Kier molecular flexibility index (Phi) is 4.68. The van der Waals surface area contributed by atoms with E-state index in [9.17, 15) is 22.0 Å². The number of amides is 1. The number of hydrogen-bond acceptors (Lipinski definition) is 5. The summed E-state index contributed by atoms with van der Waals surface area (Å²) in [5, 5.41) is 0. The van der Waals surface area contributed by atoms with Gasteiger partial charge in [-0.15, -0.1) is 0 Å².